The number of hydrogen-bond donors (Lipinski definition) is 3. The van der Waals surface area contributed by atoms with Crippen molar-refractivity contribution in [2.45, 2.75) is 25.8 Å². The van der Waals surface area contributed by atoms with Crippen molar-refractivity contribution in [3.63, 3.8) is 0 Å². The lowest BCUT2D eigenvalue weighted by atomic mass is 10.2. The largest absolute Gasteiger partial charge is 0.326 e. The van der Waals surface area contributed by atoms with Gasteiger partial charge in [-0.15, -0.1) is 0 Å². The minimum absolute atomic E-state index is 0.0647. The maximum Gasteiger partial charge on any atom is 0.241 e. The van der Waals surface area contributed by atoms with Crippen molar-refractivity contribution in [1.82, 2.24) is 0 Å². The molecule has 0 radical (unpaired) electrons. The molecule has 0 aliphatic rings. The van der Waals surface area contributed by atoms with Gasteiger partial charge in [-0.3, -0.25) is 9.59 Å². The molecule has 2 amide bonds. The highest BCUT2D eigenvalue weighted by atomic mass is 32.2. The SMILES string of the molecule is CCC(=O)Nc1cccc(NC(=O)[C@H](N)CCSC)c1. The molecule has 1 aromatic carbocycles. The van der Waals surface area contributed by atoms with Crippen LogP contribution in [0.2, 0.25) is 0 Å². The van der Waals surface area contributed by atoms with Crippen molar-refractivity contribution in [2.24, 2.45) is 5.73 Å². The van der Waals surface area contributed by atoms with Crippen LogP contribution in [0.25, 0.3) is 0 Å². The first kappa shape index (κ1) is 16.5. The maximum atomic E-state index is 11.9. The van der Waals surface area contributed by atoms with Crippen LogP contribution in [0.15, 0.2) is 24.3 Å². The smallest absolute Gasteiger partial charge is 0.241 e. The second kappa shape index (κ2) is 8.60. The first-order chi connectivity index (χ1) is 9.56. The Morgan fingerprint density at radius 3 is 2.55 bits per heavy atom. The summed E-state index contributed by atoms with van der Waals surface area (Å²) in [6.07, 6.45) is 3.03. The molecule has 0 unspecified atom stereocenters. The second-order valence-corrected chi connectivity index (χ2v) is 5.35. The van der Waals surface area contributed by atoms with Crippen LogP contribution in [-0.2, 0) is 9.59 Å². The Kier molecular flexibility index (Phi) is 7.11. The van der Waals surface area contributed by atoms with Gasteiger partial charge in [0.1, 0.15) is 0 Å². The van der Waals surface area contributed by atoms with Crippen molar-refractivity contribution >= 4 is 35.0 Å². The summed E-state index contributed by atoms with van der Waals surface area (Å²) in [5.41, 5.74) is 7.08. The molecule has 1 aromatic rings. The van der Waals surface area contributed by atoms with Crippen LogP contribution in [-0.4, -0.2) is 29.9 Å². The number of amides is 2. The average molecular weight is 295 g/mol. The Morgan fingerprint density at radius 2 is 1.95 bits per heavy atom. The van der Waals surface area contributed by atoms with Crippen LogP contribution in [0, 0.1) is 0 Å². The molecule has 0 aromatic heterocycles. The molecule has 0 fully saturated rings. The van der Waals surface area contributed by atoms with E-state index in [1.165, 1.54) is 0 Å². The van der Waals surface area contributed by atoms with Crippen molar-refractivity contribution in [3.05, 3.63) is 24.3 Å². The molecular weight excluding hydrogens is 274 g/mol. The summed E-state index contributed by atoms with van der Waals surface area (Å²) in [5, 5.41) is 5.50. The molecule has 0 spiro atoms. The summed E-state index contributed by atoms with van der Waals surface area (Å²) >= 11 is 1.66. The Hall–Kier alpha value is -1.53. The molecule has 4 N–H and O–H groups in total. The molecule has 6 heteroatoms. The highest BCUT2D eigenvalue weighted by Crippen LogP contribution is 2.15. The lowest BCUT2D eigenvalue weighted by molar-refractivity contribution is -0.117. The third kappa shape index (κ3) is 5.63. The number of carbonyl (C=O) groups is 2. The van der Waals surface area contributed by atoms with Gasteiger partial charge in [0.2, 0.25) is 11.8 Å². The molecule has 1 rings (SSSR count). The van der Waals surface area contributed by atoms with Crippen LogP contribution in [0.4, 0.5) is 11.4 Å². The molecule has 0 aliphatic carbocycles. The fourth-order valence-corrected chi connectivity index (χ4v) is 2.02. The number of rotatable bonds is 7. The van der Waals surface area contributed by atoms with E-state index in [0.717, 1.165) is 5.75 Å². The molecule has 110 valence electrons. The monoisotopic (exact) mass is 295 g/mol. The molecule has 0 aliphatic heterocycles. The Balaban J connectivity index is 2.61. The van der Waals surface area contributed by atoms with E-state index in [-0.39, 0.29) is 11.8 Å². The Bertz CT molecular complexity index is 465. The fourth-order valence-electron chi connectivity index (χ4n) is 1.53. The summed E-state index contributed by atoms with van der Waals surface area (Å²) in [7, 11) is 0. The summed E-state index contributed by atoms with van der Waals surface area (Å²) in [5.74, 6) is 0.574. The molecule has 5 nitrogen and oxygen atoms in total. The topological polar surface area (TPSA) is 84.2 Å². The molecular formula is C14H21N3O2S. The van der Waals surface area contributed by atoms with Crippen LogP contribution in [0.5, 0.6) is 0 Å². The third-order valence-electron chi connectivity index (χ3n) is 2.70. The predicted molar refractivity (Wildman–Crippen MR) is 85.0 cm³/mol. The van der Waals surface area contributed by atoms with E-state index < -0.39 is 6.04 Å². The second-order valence-electron chi connectivity index (χ2n) is 4.36. The first-order valence-electron chi connectivity index (χ1n) is 6.52. The van der Waals surface area contributed by atoms with Gasteiger partial charge in [0, 0.05) is 17.8 Å². The van der Waals surface area contributed by atoms with E-state index in [1.807, 2.05) is 6.26 Å². The zero-order valence-electron chi connectivity index (χ0n) is 11.8. The predicted octanol–water partition coefficient (Wildman–Crippen LogP) is 2.05. The third-order valence-corrected chi connectivity index (χ3v) is 3.35. The highest BCUT2D eigenvalue weighted by molar-refractivity contribution is 7.98. The first-order valence-corrected chi connectivity index (χ1v) is 7.91. The van der Waals surface area contributed by atoms with E-state index >= 15 is 0 Å². The number of thioether (sulfide) groups is 1. The minimum Gasteiger partial charge on any atom is -0.326 e. The van der Waals surface area contributed by atoms with E-state index in [4.69, 9.17) is 5.73 Å². The lowest BCUT2D eigenvalue weighted by Crippen LogP contribution is -2.36. The number of benzene rings is 1. The van der Waals surface area contributed by atoms with Crippen LogP contribution in [0.1, 0.15) is 19.8 Å². The normalized spacial score (nSPS) is 11.8. The van der Waals surface area contributed by atoms with Crippen molar-refractivity contribution in [1.29, 1.82) is 0 Å². The number of nitrogens with one attached hydrogen (secondary N) is 2. The van der Waals surface area contributed by atoms with Crippen LogP contribution in [0.3, 0.4) is 0 Å². The average Bonchev–Trinajstić information content (AvgIpc) is 2.44. The van der Waals surface area contributed by atoms with E-state index in [0.29, 0.717) is 24.2 Å². The molecule has 20 heavy (non-hydrogen) atoms. The molecule has 0 bridgehead atoms. The summed E-state index contributed by atoms with van der Waals surface area (Å²) < 4.78 is 0. The molecule has 0 saturated heterocycles. The van der Waals surface area contributed by atoms with Gasteiger partial charge in [0.15, 0.2) is 0 Å². The van der Waals surface area contributed by atoms with E-state index in [1.54, 1.807) is 43.0 Å². The van der Waals surface area contributed by atoms with Gasteiger partial charge in [0.25, 0.3) is 0 Å². The maximum absolute atomic E-state index is 11.9. The van der Waals surface area contributed by atoms with Crippen LogP contribution >= 0.6 is 11.8 Å². The van der Waals surface area contributed by atoms with Gasteiger partial charge in [-0.2, -0.15) is 11.8 Å². The van der Waals surface area contributed by atoms with E-state index in [2.05, 4.69) is 10.6 Å². The molecule has 0 saturated carbocycles. The quantitative estimate of drug-likeness (QED) is 0.719. The van der Waals surface area contributed by atoms with Gasteiger partial charge in [-0.1, -0.05) is 13.0 Å². The van der Waals surface area contributed by atoms with Gasteiger partial charge < -0.3 is 16.4 Å². The Morgan fingerprint density at radius 1 is 1.30 bits per heavy atom. The number of carbonyl (C=O) groups excluding carboxylic acids is 2. The van der Waals surface area contributed by atoms with Crippen molar-refractivity contribution in [2.75, 3.05) is 22.6 Å². The summed E-state index contributed by atoms with van der Waals surface area (Å²) in [6, 6.07) is 6.51. The number of anilines is 2. The molecule has 0 heterocycles. The summed E-state index contributed by atoms with van der Waals surface area (Å²) in [4.78, 5) is 23.2. The van der Waals surface area contributed by atoms with Gasteiger partial charge in [0.05, 0.1) is 6.04 Å². The highest BCUT2D eigenvalue weighted by Gasteiger charge is 2.13. The molecule has 1 atom stereocenters. The zero-order chi connectivity index (χ0) is 15.0. The van der Waals surface area contributed by atoms with Crippen molar-refractivity contribution < 1.29 is 9.59 Å². The zero-order valence-corrected chi connectivity index (χ0v) is 12.6. The Labute approximate surface area is 123 Å². The summed E-state index contributed by atoms with van der Waals surface area (Å²) in [6.45, 7) is 1.78. The van der Waals surface area contributed by atoms with Gasteiger partial charge in [-0.05, 0) is 36.6 Å². The lowest BCUT2D eigenvalue weighted by Gasteiger charge is -2.12. The van der Waals surface area contributed by atoms with E-state index in [9.17, 15) is 9.59 Å². The minimum atomic E-state index is -0.517. The standard InChI is InChI=1S/C14H21N3O2S/c1-3-13(18)16-10-5-4-6-11(9-10)17-14(19)12(15)7-8-20-2/h4-6,9,12H,3,7-8,15H2,1-2H3,(H,16,18)(H,17,19)/t12-/m1/s1. The fraction of sp³-hybridized carbons (Fsp3) is 0.429. The van der Waals surface area contributed by atoms with Crippen LogP contribution < -0.4 is 16.4 Å². The number of hydrogen-bond acceptors (Lipinski definition) is 4. The van der Waals surface area contributed by atoms with Gasteiger partial charge >= 0.3 is 0 Å². The van der Waals surface area contributed by atoms with Crippen molar-refractivity contribution in [3.8, 4) is 0 Å². The van der Waals surface area contributed by atoms with Gasteiger partial charge in [-0.25, -0.2) is 0 Å². The number of nitrogens with two attached hydrogens (primary N) is 1.